The molecule has 10 heteroatoms. The number of thiocarbonyl (C=S) groups is 1. The number of benzene rings is 1. The summed E-state index contributed by atoms with van der Waals surface area (Å²) in [7, 11) is 0. The predicted octanol–water partition coefficient (Wildman–Crippen LogP) is 1.97. The first-order chi connectivity index (χ1) is 13.3. The number of nitrogens with one attached hydrogen (secondary N) is 1. The van der Waals surface area contributed by atoms with Crippen molar-refractivity contribution in [3.8, 4) is 11.5 Å². The third-order valence-electron chi connectivity index (χ3n) is 3.68. The molecule has 28 heavy (non-hydrogen) atoms. The highest BCUT2D eigenvalue weighted by Crippen LogP contribution is 2.34. The van der Waals surface area contributed by atoms with Crippen LogP contribution >= 0.6 is 24.0 Å². The van der Waals surface area contributed by atoms with Crippen molar-refractivity contribution in [1.82, 2.24) is 10.2 Å². The van der Waals surface area contributed by atoms with Crippen molar-refractivity contribution < 1.29 is 29.3 Å². The number of ether oxygens (including phenoxy) is 1. The average Bonchev–Trinajstić information content (AvgIpc) is 2.89. The molecule has 1 fully saturated rings. The molecule has 1 aliphatic rings. The second-order valence-corrected chi connectivity index (χ2v) is 7.41. The lowest BCUT2D eigenvalue weighted by atomic mass is 10.2. The largest absolute Gasteiger partial charge is 0.504 e. The maximum atomic E-state index is 12.6. The Kier molecular flexibility index (Phi) is 7.82. The van der Waals surface area contributed by atoms with Gasteiger partial charge in [0, 0.05) is 19.5 Å². The molecular weight excluding hydrogens is 404 g/mol. The van der Waals surface area contributed by atoms with Crippen LogP contribution in [0.3, 0.4) is 0 Å². The highest BCUT2D eigenvalue weighted by Gasteiger charge is 2.32. The van der Waals surface area contributed by atoms with Crippen LogP contribution in [0.5, 0.6) is 11.5 Å². The fourth-order valence-electron chi connectivity index (χ4n) is 2.35. The standard InChI is InChI=1S/C18H20N2O6S2/c1-2-26-13-9-11(3-4-12(13)21)10-14-17(25)20(18(27)28-14)8-6-15(22)19-7-5-16(23)24/h3-4,9-10,21H,2,5-8H2,1H3,(H,19,22)(H,23,24)/b14-10-. The summed E-state index contributed by atoms with van der Waals surface area (Å²) in [4.78, 5) is 36.5. The number of carbonyl (C=O) groups excluding carboxylic acids is 2. The SMILES string of the molecule is CCOc1cc(/C=C2\SC(=S)N(CCC(=O)NCCC(=O)O)C2=O)ccc1O. The van der Waals surface area contributed by atoms with Crippen LogP contribution in [0.25, 0.3) is 6.08 Å². The second-order valence-electron chi connectivity index (χ2n) is 5.74. The number of aromatic hydroxyl groups is 1. The molecule has 0 spiro atoms. The summed E-state index contributed by atoms with van der Waals surface area (Å²) in [6.45, 7) is 2.35. The van der Waals surface area contributed by atoms with Gasteiger partial charge in [0.2, 0.25) is 5.91 Å². The van der Waals surface area contributed by atoms with Crippen LogP contribution in [-0.2, 0) is 14.4 Å². The molecule has 1 heterocycles. The van der Waals surface area contributed by atoms with Gasteiger partial charge in [0.05, 0.1) is 17.9 Å². The molecule has 0 aliphatic carbocycles. The molecule has 0 bridgehead atoms. The minimum Gasteiger partial charge on any atom is -0.504 e. The van der Waals surface area contributed by atoms with Gasteiger partial charge in [-0.15, -0.1) is 0 Å². The van der Waals surface area contributed by atoms with E-state index in [0.717, 1.165) is 11.8 Å². The van der Waals surface area contributed by atoms with Crippen molar-refractivity contribution in [3.05, 3.63) is 28.7 Å². The average molecular weight is 425 g/mol. The molecule has 2 amide bonds. The van der Waals surface area contributed by atoms with E-state index >= 15 is 0 Å². The number of hydrogen-bond donors (Lipinski definition) is 3. The first-order valence-corrected chi connectivity index (χ1v) is 9.74. The highest BCUT2D eigenvalue weighted by atomic mass is 32.2. The van der Waals surface area contributed by atoms with Crippen molar-refractivity contribution >= 4 is 52.2 Å². The number of carbonyl (C=O) groups is 3. The Morgan fingerprint density at radius 1 is 1.36 bits per heavy atom. The van der Waals surface area contributed by atoms with E-state index in [2.05, 4.69) is 5.32 Å². The molecule has 150 valence electrons. The van der Waals surface area contributed by atoms with E-state index in [-0.39, 0.29) is 43.5 Å². The van der Waals surface area contributed by atoms with Crippen LogP contribution in [0.2, 0.25) is 0 Å². The number of hydrogen-bond acceptors (Lipinski definition) is 7. The molecule has 2 rings (SSSR count). The van der Waals surface area contributed by atoms with Gasteiger partial charge in [0.15, 0.2) is 11.5 Å². The maximum Gasteiger partial charge on any atom is 0.305 e. The minimum absolute atomic E-state index is 0.0143. The molecule has 3 N–H and O–H groups in total. The molecule has 0 aromatic heterocycles. The third-order valence-corrected chi connectivity index (χ3v) is 5.06. The summed E-state index contributed by atoms with van der Waals surface area (Å²) in [5, 5.41) is 20.8. The summed E-state index contributed by atoms with van der Waals surface area (Å²) in [6.07, 6.45) is 1.51. The van der Waals surface area contributed by atoms with E-state index in [9.17, 15) is 19.5 Å². The Balaban J connectivity index is 1.99. The molecule has 8 nitrogen and oxygen atoms in total. The number of phenolic OH excluding ortho intramolecular Hbond substituents is 1. The van der Waals surface area contributed by atoms with Gasteiger partial charge in [-0.3, -0.25) is 19.3 Å². The van der Waals surface area contributed by atoms with Gasteiger partial charge in [0.25, 0.3) is 5.91 Å². The van der Waals surface area contributed by atoms with Crippen molar-refractivity contribution in [2.45, 2.75) is 19.8 Å². The van der Waals surface area contributed by atoms with E-state index in [1.807, 2.05) is 0 Å². The van der Waals surface area contributed by atoms with Gasteiger partial charge in [-0.1, -0.05) is 30.0 Å². The number of carboxylic acid groups (broad SMARTS) is 1. The van der Waals surface area contributed by atoms with Crippen LogP contribution < -0.4 is 10.1 Å². The molecule has 1 aromatic rings. The second kappa shape index (κ2) is 10.1. The Morgan fingerprint density at radius 3 is 2.79 bits per heavy atom. The van der Waals surface area contributed by atoms with E-state index in [1.165, 1.54) is 11.0 Å². The molecule has 0 radical (unpaired) electrons. The molecule has 1 saturated heterocycles. The first kappa shape index (κ1) is 21.7. The first-order valence-electron chi connectivity index (χ1n) is 8.51. The monoisotopic (exact) mass is 424 g/mol. The highest BCUT2D eigenvalue weighted by molar-refractivity contribution is 8.26. The zero-order valence-electron chi connectivity index (χ0n) is 15.1. The lowest BCUT2D eigenvalue weighted by Gasteiger charge is -2.14. The van der Waals surface area contributed by atoms with Gasteiger partial charge in [0.1, 0.15) is 4.32 Å². The van der Waals surface area contributed by atoms with Crippen molar-refractivity contribution in [3.63, 3.8) is 0 Å². The third kappa shape index (κ3) is 5.96. The number of amides is 2. The number of carboxylic acids is 1. The number of aliphatic carboxylic acids is 1. The zero-order chi connectivity index (χ0) is 20.7. The smallest absolute Gasteiger partial charge is 0.305 e. The van der Waals surface area contributed by atoms with Crippen LogP contribution in [0.4, 0.5) is 0 Å². The van der Waals surface area contributed by atoms with Crippen LogP contribution in [0.15, 0.2) is 23.1 Å². The van der Waals surface area contributed by atoms with Crippen LogP contribution in [-0.4, -0.2) is 56.9 Å². The van der Waals surface area contributed by atoms with E-state index in [1.54, 1.807) is 25.1 Å². The van der Waals surface area contributed by atoms with Crippen molar-refractivity contribution in [1.29, 1.82) is 0 Å². The van der Waals surface area contributed by atoms with Gasteiger partial charge in [-0.25, -0.2) is 0 Å². The molecule has 1 aliphatic heterocycles. The Morgan fingerprint density at radius 2 is 2.11 bits per heavy atom. The number of nitrogens with zero attached hydrogens (tertiary/aromatic N) is 1. The number of rotatable bonds is 9. The van der Waals surface area contributed by atoms with Crippen molar-refractivity contribution in [2.24, 2.45) is 0 Å². The molecule has 1 aromatic carbocycles. The fourth-order valence-corrected chi connectivity index (χ4v) is 3.65. The zero-order valence-corrected chi connectivity index (χ0v) is 16.8. The normalized spacial score (nSPS) is 15.2. The van der Waals surface area contributed by atoms with Crippen LogP contribution in [0.1, 0.15) is 25.3 Å². The summed E-state index contributed by atoms with van der Waals surface area (Å²) < 4.78 is 5.68. The van der Waals surface area contributed by atoms with E-state index in [4.69, 9.17) is 22.1 Å². The number of phenols is 1. The van der Waals surface area contributed by atoms with Gasteiger partial charge >= 0.3 is 5.97 Å². The van der Waals surface area contributed by atoms with E-state index in [0.29, 0.717) is 27.1 Å². The van der Waals surface area contributed by atoms with E-state index < -0.39 is 5.97 Å². The molecular formula is C18H20N2O6S2. The lowest BCUT2D eigenvalue weighted by molar-refractivity contribution is -0.137. The van der Waals surface area contributed by atoms with Crippen molar-refractivity contribution in [2.75, 3.05) is 19.7 Å². The van der Waals surface area contributed by atoms with Crippen LogP contribution in [0, 0.1) is 0 Å². The fraction of sp³-hybridized carbons (Fsp3) is 0.333. The van der Waals surface area contributed by atoms with Gasteiger partial charge in [-0.05, 0) is 30.7 Å². The number of thioether (sulfide) groups is 1. The summed E-state index contributed by atoms with van der Waals surface area (Å²) in [6, 6.07) is 4.76. The van der Waals surface area contributed by atoms with Gasteiger partial charge in [-0.2, -0.15) is 0 Å². The Bertz CT molecular complexity index is 824. The quantitative estimate of drug-likeness (QED) is 0.407. The molecule has 0 saturated carbocycles. The topological polar surface area (TPSA) is 116 Å². The van der Waals surface area contributed by atoms with Gasteiger partial charge < -0.3 is 20.3 Å². The molecule has 0 atom stereocenters. The Hall–Kier alpha value is -2.59. The summed E-state index contributed by atoms with van der Waals surface area (Å²) >= 11 is 6.36. The predicted molar refractivity (Wildman–Crippen MR) is 109 cm³/mol. The Labute approximate surface area is 171 Å². The maximum absolute atomic E-state index is 12.6. The lowest BCUT2D eigenvalue weighted by Crippen LogP contribution is -2.34. The molecule has 0 unspecified atom stereocenters. The summed E-state index contributed by atoms with van der Waals surface area (Å²) in [5.74, 6) is -1.31. The minimum atomic E-state index is -0.996. The summed E-state index contributed by atoms with van der Waals surface area (Å²) in [5.41, 5.74) is 0.674.